The zero-order valence-electron chi connectivity index (χ0n) is 12.7. The molecule has 2 aliphatic rings. The smallest absolute Gasteiger partial charge is 0.252 e. The van der Waals surface area contributed by atoms with Crippen molar-refractivity contribution in [1.82, 2.24) is 9.21 Å². The molecule has 2 fully saturated rings. The van der Waals surface area contributed by atoms with Crippen LogP contribution in [-0.2, 0) is 24.7 Å². The van der Waals surface area contributed by atoms with Gasteiger partial charge < -0.3 is 4.90 Å². The zero-order valence-corrected chi connectivity index (χ0v) is 16.8. The van der Waals surface area contributed by atoms with E-state index in [1.807, 2.05) is 0 Å². The Hall–Kier alpha value is -0.490. The van der Waals surface area contributed by atoms with Crippen LogP contribution in [0.4, 0.5) is 0 Å². The normalized spacial score (nSPS) is 25.0. The van der Waals surface area contributed by atoms with Gasteiger partial charge in [0.1, 0.15) is 4.21 Å². The van der Waals surface area contributed by atoms with Crippen LogP contribution in [0, 0.1) is 5.92 Å². The van der Waals surface area contributed by atoms with Gasteiger partial charge in [0, 0.05) is 26.2 Å². The molecule has 1 unspecified atom stereocenters. The van der Waals surface area contributed by atoms with Crippen molar-refractivity contribution in [3.63, 3.8) is 0 Å². The summed E-state index contributed by atoms with van der Waals surface area (Å²) >= 11 is 4.41. The summed E-state index contributed by atoms with van der Waals surface area (Å²) in [6.07, 6.45) is 0.364. The Morgan fingerprint density at radius 1 is 1.21 bits per heavy atom. The van der Waals surface area contributed by atoms with E-state index < -0.39 is 25.8 Å². The lowest BCUT2D eigenvalue weighted by atomic mass is 10.1. The molecule has 0 radical (unpaired) electrons. The van der Waals surface area contributed by atoms with Crippen LogP contribution < -0.4 is 0 Å². The number of sulfonamides is 1. The number of piperazine rings is 1. The fraction of sp³-hybridized carbons (Fsp3) is 0.615. The molecule has 0 aliphatic carbocycles. The Labute approximate surface area is 153 Å². The first-order valence-electron chi connectivity index (χ1n) is 7.44. The van der Waals surface area contributed by atoms with Crippen LogP contribution >= 0.6 is 27.3 Å². The molecule has 1 aromatic rings. The van der Waals surface area contributed by atoms with E-state index in [0.717, 1.165) is 15.1 Å². The highest BCUT2D eigenvalue weighted by Crippen LogP contribution is 2.29. The van der Waals surface area contributed by atoms with Crippen molar-refractivity contribution in [3.8, 4) is 0 Å². The quantitative estimate of drug-likeness (QED) is 0.669. The van der Waals surface area contributed by atoms with E-state index >= 15 is 0 Å². The number of thiophene rings is 1. The Balaban J connectivity index is 1.63. The topological polar surface area (TPSA) is 91.8 Å². The van der Waals surface area contributed by atoms with Gasteiger partial charge in [0.2, 0.25) is 5.91 Å². The van der Waals surface area contributed by atoms with Gasteiger partial charge in [-0.1, -0.05) is 0 Å². The molecule has 3 heterocycles. The molecule has 134 valence electrons. The van der Waals surface area contributed by atoms with E-state index in [-0.39, 0.29) is 34.7 Å². The average molecular weight is 457 g/mol. The van der Waals surface area contributed by atoms with Crippen molar-refractivity contribution in [3.05, 3.63) is 15.9 Å². The fourth-order valence-corrected chi connectivity index (χ4v) is 8.28. The average Bonchev–Trinajstić information content (AvgIpc) is 3.12. The lowest BCUT2D eigenvalue weighted by Gasteiger charge is -2.34. The summed E-state index contributed by atoms with van der Waals surface area (Å²) in [5.41, 5.74) is 0. The van der Waals surface area contributed by atoms with Gasteiger partial charge in [-0.05, 0) is 34.5 Å². The van der Waals surface area contributed by atoms with Crippen LogP contribution in [0.15, 0.2) is 20.1 Å². The summed E-state index contributed by atoms with van der Waals surface area (Å²) in [7, 11) is -6.64. The molecule has 0 bridgehead atoms. The summed E-state index contributed by atoms with van der Waals surface area (Å²) in [5, 5.41) is 0. The van der Waals surface area contributed by atoms with Gasteiger partial charge in [-0.25, -0.2) is 16.8 Å². The summed E-state index contributed by atoms with van der Waals surface area (Å²) in [6.45, 7) is 1.04. The molecular formula is C13H17BrN2O5S3. The molecule has 11 heteroatoms. The molecule has 3 rings (SSSR count). The number of hydrogen-bond donors (Lipinski definition) is 0. The van der Waals surface area contributed by atoms with Crippen molar-refractivity contribution < 1.29 is 21.6 Å². The predicted octanol–water partition coefficient (Wildman–Crippen LogP) is 0.778. The first-order chi connectivity index (χ1) is 11.2. The minimum Gasteiger partial charge on any atom is -0.340 e. The highest BCUT2D eigenvalue weighted by molar-refractivity contribution is 9.11. The molecule has 2 aliphatic heterocycles. The van der Waals surface area contributed by atoms with E-state index in [1.54, 1.807) is 17.0 Å². The minimum atomic E-state index is -3.54. The van der Waals surface area contributed by atoms with Crippen LogP contribution in [0.25, 0.3) is 0 Å². The molecule has 0 saturated carbocycles. The molecule has 0 N–H and O–H groups in total. The van der Waals surface area contributed by atoms with Crippen molar-refractivity contribution in [2.24, 2.45) is 5.92 Å². The molecule has 1 atom stereocenters. The Bertz CT molecular complexity index is 841. The van der Waals surface area contributed by atoms with Crippen LogP contribution in [0.2, 0.25) is 0 Å². The van der Waals surface area contributed by atoms with Gasteiger partial charge in [0.15, 0.2) is 9.84 Å². The fourth-order valence-electron chi connectivity index (χ4n) is 2.96. The summed E-state index contributed by atoms with van der Waals surface area (Å²) < 4.78 is 50.5. The first-order valence-corrected chi connectivity index (χ1v) is 12.3. The second-order valence-electron chi connectivity index (χ2n) is 5.89. The number of carbonyl (C=O) groups excluding carboxylic acids is 1. The molecule has 1 aromatic heterocycles. The highest BCUT2D eigenvalue weighted by Gasteiger charge is 2.37. The SMILES string of the molecule is O=C(C1CCS(=O)(=O)C1)N1CCN(S(=O)(=O)c2ccc(Br)s2)CC1. The molecule has 24 heavy (non-hydrogen) atoms. The third-order valence-corrected chi connectivity index (χ3v) is 10.0. The number of sulfone groups is 1. The molecule has 1 amide bonds. The van der Waals surface area contributed by atoms with Crippen molar-refractivity contribution in [1.29, 1.82) is 0 Å². The maximum atomic E-state index is 12.6. The monoisotopic (exact) mass is 456 g/mol. The van der Waals surface area contributed by atoms with Crippen LogP contribution in [0.5, 0.6) is 0 Å². The standard InChI is InChI=1S/C13H17BrN2O5S3/c14-11-1-2-12(22-11)24(20,21)16-6-4-15(5-7-16)13(17)10-3-8-23(18,19)9-10/h1-2,10H,3-9H2. The summed E-state index contributed by atoms with van der Waals surface area (Å²) in [5.74, 6) is -0.683. The second-order valence-corrected chi connectivity index (χ2v) is 12.7. The lowest BCUT2D eigenvalue weighted by molar-refractivity contribution is -0.135. The summed E-state index contributed by atoms with van der Waals surface area (Å²) in [6, 6.07) is 3.25. The Morgan fingerprint density at radius 3 is 2.38 bits per heavy atom. The number of hydrogen-bond acceptors (Lipinski definition) is 6. The lowest BCUT2D eigenvalue weighted by Crippen LogP contribution is -2.51. The van der Waals surface area contributed by atoms with Crippen molar-refractivity contribution in [2.45, 2.75) is 10.6 Å². The summed E-state index contributed by atoms with van der Waals surface area (Å²) in [4.78, 5) is 14.0. The van der Waals surface area contributed by atoms with Gasteiger partial charge in [-0.2, -0.15) is 4.31 Å². The van der Waals surface area contributed by atoms with E-state index in [2.05, 4.69) is 15.9 Å². The minimum absolute atomic E-state index is 0.0605. The molecule has 0 aromatic carbocycles. The third-order valence-electron chi connectivity index (χ3n) is 4.27. The van der Waals surface area contributed by atoms with E-state index in [0.29, 0.717) is 19.5 Å². The van der Waals surface area contributed by atoms with E-state index in [9.17, 15) is 21.6 Å². The molecule has 0 spiro atoms. The highest BCUT2D eigenvalue weighted by atomic mass is 79.9. The maximum Gasteiger partial charge on any atom is 0.252 e. The van der Waals surface area contributed by atoms with E-state index in [1.165, 1.54) is 4.31 Å². The number of halogens is 1. The number of carbonyl (C=O) groups is 1. The van der Waals surface area contributed by atoms with Crippen molar-refractivity contribution in [2.75, 3.05) is 37.7 Å². The predicted molar refractivity (Wildman–Crippen MR) is 94.1 cm³/mol. The van der Waals surface area contributed by atoms with Crippen LogP contribution in [0.1, 0.15) is 6.42 Å². The maximum absolute atomic E-state index is 12.6. The zero-order chi connectivity index (χ0) is 17.5. The van der Waals surface area contributed by atoms with Crippen LogP contribution in [0.3, 0.4) is 0 Å². The van der Waals surface area contributed by atoms with Crippen molar-refractivity contribution >= 4 is 53.0 Å². The van der Waals surface area contributed by atoms with Crippen LogP contribution in [-0.4, -0.2) is 69.6 Å². The number of nitrogens with zero attached hydrogens (tertiary/aromatic N) is 2. The Morgan fingerprint density at radius 2 is 1.88 bits per heavy atom. The Kier molecular flexibility index (Phi) is 5.09. The third kappa shape index (κ3) is 3.69. The first kappa shape index (κ1) is 18.3. The van der Waals surface area contributed by atoms with E-state index in [4.69, 9.17) is 0 Å². The molecule has 2 saturated heterocycles. The number of amides is 1. The molecular weight excluding hydrogens is 440 g/mol. The van der Waals surface area contributed by atoms with Gasteiger partial charge in [-0.3, -0.25) is 4.79 Å². The second kappa shape index (κ2) is 6.67. The van der Waals surface area contributed by atoms with Gasteiger partial charge in [-0.15, -0.1) is 11.3 Å². The molecule has 7 nitrogen and oxygen atoms in total. The van der Waals surface area contributed by atoms with Gasteiger partial charge >= 0.3 is 0 Å². The largest absolute Gasteiger partial charge is 0.340 e. The van der Waals surface area contributed by atoms with Gasteiger partial charge in [0.05, 0.1) is 21.2 Å². The number of rotatable bonds is 3. The van der Waals surface area contributed by atoms with Gasteiger partial charge in [0.25, 0.3) is 10.0 Å².